The lowest BCUT2D eigenvalue weighted by Gasteiger charge is -2.13. The third-order valence-electron chi connectivity index (χ3n) is 5.06. The van der Waals surface area contributed by atoms with Gasteiger partial charge in [-0.05, 0) is 49.0 Å². The van der Waals surface area contributed by atoms with E-state index in [1.54, 1.807) is 18.2 Å². The van der Waals surface area contributed by atoms with Gasteiger partial charge in [-0.3, -0.25) is 19.3 Å². The van der Waals surface area contributed by atoms with Crippen LogP contribution in [0.5, 0.6) is 5.75 Å². The van der Waals surface area contributed by atoms with Crippen LogP contribution in [-0.2, 0) is 16.1 Å². The van der Waals surface area contributed by atoms with Gasteiger partial charge in [0.1, 0.15) is 12.3 Å². The molecule has 1 saturated heterocycles. The van der Waals surface area contributed by atoms with Gasteiger partial charge in [0.05, 0.1) is 17.0 Å². The number of rotatable bonds is 6. The van der Waals surface area contributed by atoms with Gasteiger partial charge in [-0.25, -0.2) is 0 Å². The summed E-state index contributed by atoms with van der Waals surface area (Å²) in [5.41, 5.74) is 2.35. The first-order valence-electron chi connectivity index (χ1n) is 9.88. The molecule has 2 heterocycles. The number of amides is 3. The summed E-state index contributed by atoms with van der Waals surface area (Å²) in [6, 6.07) is 12.7. The number of aromatic nitrogens is 1. The van der Waals surface area contributed by atoms with Crippen molar-refractivity contribution in [2.24, 2.45) is 0 Å². The summed E-state index contributed by atoms with van der Waals surface area (Å²) >= 11 is 6.90. The lowest BCUT2D eigenvalue weighted by molar-refractivity contribution is -0.127. The quantitative estimate of drug-likeness (QED) is 0.514. The van der Waals surface area contributed by atoms with E-state index in [-0.39, 0.29) is 11.4 Å². The summed E-state index contributed by atoms with van der Waals surface area (Å²) in [6.07, 6.45) is 3.67. The Balaban J connectivity index is 1.51. The number of carbonyl (C=O) groups is 3. The van der Waals surface area contributed by atoms with Gasteiger partial charge >= 0.3 is 0 Å². The first-order chi connectivity index (χ1) is 15.4. The number of methoxy groups -OCH3 is 1. The van der Waals surface area contributed by atoms with E-state index in [1.165, 1.54) is 13.2 Å². The molecule has 164 valence electrons. The number of benzene rings is 2. The zero-order valence-electron chi connectivity index (χ0n) is 17.4. The topological polar surface area (TPSA) is 80.6 Å². The maximum absolute atomic E-state index is 12.8. The number of imide groups is 1. The second-order valence-electron chi connectivity index (χ2n) is 7.05. The smallest absolute Gasteiger partial charge is 0.294 e. The highest BCUT2D eigenvalue weighted by Gasteiger charge is 2.36. The summed E-state index contributed by atoms with van der Waals surface area (Å²) in [4.78, 5) is 39.0. The maximum atomic E-state index is 12.8. The highest BCUT2D eigenvalue weighted by atomic mass is 35.5. The van der Waals surface area contributed by atoms with Crippen LogP contribution in [0.3, 0.4) is 0 Å². The largest absolute Gasteiger partial charge is 0.495 e. The minimum Gasteiger partial charge on any atom is -0.495 e. The molecule has 1 aliphatic heterocycles. The average Bonchev–Trinajstić information content (AvgIpc) is 3.26. The fraction of sp³-hybridized carbons (Fsp3) is 0.174. The number of fused-ring (bicyclic) bond motifs is 1. The molecule has 0 unspecified atom stereocenters. The van der Waals surface area contributed by atoms with E-state index in [2.05, 4.69) is 9.88 Å². The summed E-state index contributed by atoms with van der Waals surface area (Å²) in [7, 11) is 1.49. The van der Waals surface area contributed by atoms with Crippen molar-refractivity contribution in [2.75, 3.05) is 19.0 Å². The highest BCUT2D eigenvalue weighted by Crippen LogP contribution is 2.34. The van der Waals surface area contributed by atoms with Crippen molar-refractivity contribution in [1.29, 1.82) is 0 Å². The maximum Gasteiger partial charge on any atom is 0.294 e. The zero-order valence-corrected chi connectivity index (χ0v) is 19.0. The van der Waals surface area contributed by atoms with Gasteiger partial charge < -0.3 is 14.6 Å². The Morgan fingerprint density at radius 2 is 2.00 bits per heavy atom. The lowest BCUT2D eigenvalue weighted by atomic mass is 10.1. The van der Waals surface area contributed by atoms with Crippen molar-refractivity contribution in [3.63, 3.8) is 0 Å². The van der Waals surface area contributed by atoms with Crippen molar-refractivity contribution in [3.05, 3.63) is 64.2 Å². The molecule has 1 N–H and O–H groups in total. The van der Waals surface area contributed by atoms with Crippen molar-refractivity contribution in [1.82, 2.24) is 9.47 Å². The Bertz CT molecular complexity index is 1270. The van der Waals surface area contributed by atoms with Crippen LogP contribution in [0.1, 0.15) is 12.5 Å². The van der Waals surface area contributed by atoms with Crippen LogP contribution in [0.4, 0.5) is 10.5 Å². The molecular formula is C23H20ClN3O4S. The fourth-order valence-electron chi connectivity index (χ4n) is 3.52. The van der Waals surface area contributed by atoms with Crippen molar-refractivity contribution < 1.29 is 19.1 Å². The van der Waals surface area contributed by atoms with Gasteiger partial charge in [0.25, 0.3) is 11.1 Å². The van der Waals surface area contributed by atoms with Gasteiger partial charge in [0, 0.05) is 34.9 Å². The molecule has 7 nitrogen and oxygen atoms in total. The fourth-order valence-corrected chi connectivity index (χ4v) is 4.60. The number of ether oxygens (including phenoxy) is 1. The molecule has 0 radical (unpaired) electrons. The van der Waals surface area contributed by atoms with Crippen molar-refractivity contribution >= 4 is 63.1 Å². The predicted octanol–water partition coefficient (Wildman–Crippen LogP) is 5.00. The molecule has 0 atom stereocenters. The molecular weight excluding hydrogens is 450 g/mol. The van der Waals surface area contributed by atoms with Gasteiger partial charge in [-0.1, -0.05) is 29.8 Å². The first kappa shape index (κ1) is 22.0. The third kappa shape index (κ3) is 4.24. The highest BCUT2D eigenvalue weighted by molar-refractivity contribution is 8.18. The summed E-state index contributed by atoms with van der Waals surface area (Å²) < 4.78 is 7.17. The molecule has 1 aliphatic rings. The molecule has 0 saturated carbocycles. The van der Waals surface area contributed by atoms with Gasteiger partial charge in [0.2, 0.25) is 5.91 Å². The summed E-state index contributed by atoms with van der Waals surface area (Å²) in [5.74, 6) is -0.515. The second kappa shape index (κ2) is 9.10. The van der Waals surface area contributed by atoms with Crippen LogP contribution >= 0.6 is 23.4 Å². The number of nitrogens with one attached hydrogen (secondary N) is 1. The van der Waals surface area contributed by atoms with E-state index in [1.807, 2.05) is 37.4 Å². The molecule has 0 aliphatic carbocycles. The molecule has 32 heavy (non-hydrogen) atoms. The number of nitrogens with zero attached hydrogens (tertiary/aromatic N) is 2. The molecule has 0 bridgehead atoms. The summed E-state index contributed by atoms with van der Waals surface area (Å²) in [5, 5.41) is 3.50. The van der Waals surface area contributed by atoms with Gasteiger partial charge in [-0.2, -0.15) is 0 Å². The number of hydrogen-bond donors (Lipinski definition) is 1. The number of para-hydroxylation sites is 1. The van der Waals surface area contributed by atoms with E-state index < -0.39 is 17.1 Å². The van der Waals surface area contributed by atoms with Crippen LogP contribution in [0, 0.1) is 0 Å². The average molecular weight is 470 g/mol. The number of thioether (sulfide) groups is 1. The Kier molecular flexibility index (Phi) is 6.25. The molecule has 0 spiro atoms. The second-order valence-corrected chi connectivity index (χ2v) is 8.45. The van der Waals surface area contributed by atoms with E-state index in [4.69, 9.17) is 16.3 Å². The molecule has 2 aromatic carbocycles. The Labute approximate surface area is 194 Å². The minimum absolute atomic E-state index is 0.286. The van der Waals surface area contributed by atoms with E-state index in [0.29, 0.717) is 16.5 Å². The number of anilines is 1. The van der Waals surface area contributed by atoms with Crippen molar-refractivity contribution in [3.8, 4) is 5.75 Å². The molecule has 1 aromatic heterocycles. The van der Waals surface area contributed by atoms with Gasteiger partial charge in [0.15, 0.2) is 0 Å². The number of hydrogen-bond acceptors (Lipinski definition) is 5. The van der Waals surface area contributed by atoms with Crippen LogP contribution in [0.15, 0.2) is 53.6 Å². The standard InChI is InChI=1S/C23H20ClN3O4S/c1-3-26-12-14(16-6-4-5-7-18(16)26)10-20-22(29)27(23(30)32-20)13-21(28)25-15-8-9-19(31-2)17(24)11-15/h4-12H,3,13H2,1-2H3,(H,25,28)/b20-10-. The number of carbonyl (C=O) groups excluding carboxylic acids is 3. The van der Waals surface area contributed by atoms with E-state index in [9.17, 15) is 14.4 Å². The van der Waals surface area contributed by atoms with Crippen LogP contribution in [-0.4, -0.2) is 40.2 Å². The SMILES string of the molecule is CCn1cc(/C=C2\SC(=O)N(CC(=O)Nc3ccc(OC)c(Cl)c3)C2=O)c2ccccc21. The van der Waals surface area contributed by atoms with E-state index >= 15 is 0 Å². The van der Waals surface area contributed by atoms with Crippen LogP contribution < -0.4 is 10.1 Å². The van der Waals surface area contributed by atoms with Crippen LogP contribution in [0.2, 0.25) is 5.02 Å². The molecule has 9 heteroatoms. The minimum atomic E-state index is -0.502. The monoisotopic (exact) mass is 469 g/mol. The van der Waals surface area contributed by atoms with E-state index in [0.717, 1.165) is 39.7 Å². The predicted molar refractivity (Wildman–Crippen MR) is 127 cm³/mol. The van der Waals surface area contributed by atoms with Crippen LogP contribution in [0.25, 0.3) is 17.0 Å². The molecule has 3 aromatic rings. The summed E-state index contributed by atoms with van der Waals surface area (Å²) in [6.45, 7) is 2.44. The Morgan fingerprint density at radius 3 is 2.72 bits per heavy atom. The van der Waals surface area contributed by atoms with Crippen molar-refractivity contribution in [2.45, 2.75) is 13.5 Å². The molecule has 4 rings (SSSR count). The lowest BCUT2D eigenvalue weighted by Crippen LogP contribution is -2.36. The molecule has 1 fully saturated rings. The normalized spacial score (nSPS) is 15.1. The first-order valence-corrected chi connectivity index (χ1v) is 11.1. The van der Waals surface area contributed by atoms with Gasteiger partial charge in [-0.15, -0.1) is 0 Å². The number of halogens is 1. The molecule has 3 amide bonds. The third-order valence-corrected chi connectivity index (χ3v) is 6.26. The Morgan fingerprint density at radius 1 is 1.22 bits per heavy atom. The number of aryl methyl sites for hydroxylation is 1. The zero-order chi connectivity index (χ0) is 22.8. The Hall–Kier alpha value is -3.23.